The van der Waals surface area contributed by atoms with Crippen LogP contribution in [0.2, 0.25) is 0 Å². The summed E-state index contributed by atoms with van der Waals surface area (Å²) in [5.74, 6) is 0.0291. The maximum atomic E-state index is 13.2. The van der Waals surface area contributed by atoms with E-state index in [1.807, 2.05) is 31.2 Å². The summed E-state index contributed by atoms with van der Waals surface area (Å²) < 4.78 is 10.9. The molecule has 2 aliphatic rings. The number of nitrogens with zero attached hydrogens (tertiary/aromatic N) is 1. The first-order chi connectivity index (χ1) is 18.8. The molecule has 39 heavy (non-hydrogen) atoms. The molecule has 10 heteroatoms. The summed E-state index contributed by atoms with van der Waals surface area (Å²) in [6, 6.07) is 6.51. The van der Waals surface area contributed by atoms with Crippen LogP contribution in [0.3, 0.4) is 0 Å². The average Bonchev–Trinajstić information content (AvgIpc) is 3.17. The van der Waals surface area contributed by atoms with Gasteiger partial charge in [-0.25, -0.2) is 4.79 Å². The van der Waals surface area contributed by atoms with Gasteiger partial charge in [-0.3, -0.25) is 14.4 Å². The van der Waals surface area contributed by atoms with Gasteiger partial charge in [-0.15, -0.1) is 0 Å². The van der Waals surface area contributed by atoms with Crippen molar-refractivity contribution in [3.8, 4) is 5.75 Å². The van der Waals surface area contributed by atoms with E-state index in [1.54, 1.807) is 4.90 Å². The fourth-order valence-corrected chi connectivity index (χ4v) is 5.13. The number of aldehydes is 1. The lowest BCUT2D eigenvalue weighted by atomic mass is 9.84. The van der Waals surface area contributed by atoms with Gasteiger partial charge < -0.3 is 30.1 Å². The molecule has 0 radical (unpaired) electrons. The van der Waals surface area contributed by atoms with E-state index in [1.165, 1.54) is 0 Å². The van der Waals surface area contributed by atoms with Gasteiger partial charge in [-0.2, -0.15) is 0 Å². The Labute approximate surface area is 230 Å². The second-order valence-corrected chi connectivity index (χ2v) is 10.6. The van der Waals surface area contributed by atoms with Crippen molar-refractivity contribution >= 4 is 24.2 Å². The SMILES string of the molecule is CCCCCOC(=O)N[C@@H](CC1CCCCC1)C(=O)NC(O)(C=O)CCC(=O)N1CCOc2ccccc2C1. The Morgan fingerprint density at radius 3 is 2.72 bits per heavy atom. The van der Waals surface area contributed by atoms with Gasteiger partial charge in [-0.05, 0) is 24.8 Å². The second-order valence-electron chi connectivity index (χ2n) is 10.6. The lowest BCUT2D eigenvalue weighted by Gasteiger charge is -2.30. The maximum absolute atomic E-state index is 13.2. The van der Waals surface area contributed by atoms with Crippen LogP contribution in [-0.2, 0) is 25.7 Å². The summed E-state index contributed by atoms with van der Waals surface area (Å²) in [7, 11) is 0. The van der Waals surface area contributed by atoms with Crippen molar-refractivity contribution in [3.63, 3.8) is 0 Å². The number of hydrogen-bond donors (Lipinski definition) is 3. The van der Waals surface area contributed by atoms with Gasteiger partial charge in [0.25, 0.3) is 0 Å². The van der Waals surface area contributed by atoms with Gasteiger partial charge >= 0.3 is 6.09 Å². The Hall–Kier alpha value is -3.14. The highest BCUT2D eigenvalue weighted by Crippen LogP contribution is 2.28. The molecule has 1 unspecified atom stereocenters. The molecule has 0 aromatic heterocycles. The van der Waals surface area contributed by atoms with E-state index in [0.717, 1.165) is 62.7 Å². The molecule has 216 valence electrons. The molecule has 1 aliphatic heterocycles. The van der Waals surface area contributed by atoms with Crippen LogP contribution >= 0.6 is 0 Å². The van der Waals surface area contributed by atoms with Crippen LogP contribution in [0.4, 0.5) is 4.79 Å². The molecule has 1 aromatic carbocycles. The van der Waals surface area contributed by atoms with E-state index in [-0.39, 0.29) is 37.6 Å². The minimum Gasteiger partial charge on any atom is -0.491 e. The number of ether oxygens (including phenoxy) is 2. The minimum atomic E-state index is -2.25. The van der Waals surface area contributed by atoms with E-state index >= 15 is 0 Å². The van der Waals surface area contributed by atoms with Gasteiger partial charge in [0.15, 0.2) is 12.0 Å². The molecule has 0 bridgehead atoms. The Bertz CT molecular complexity index is 966. The third-order valence-corrected chi connectivity index (χ3v) is 7.44. The largest absolute Gasteiger partial charge is 0.491 e. The van der Waals surface area contributed by atoms with Crippen molar-refractivity contribution in [1.82, 2.24) is 15.5 Å². The second kappa shape index (κ2) is 15.5. The van der Waals surface area contributed by atoms with E-state index in [0.29, 0.717) is 26.1 Å². The monoisotopic (exact) mass is 545 g/mol. The Balaban J connectivity index is 1.58. The summed E-state index contributed by atoms with van der Waals surface area (Å²) in [5, 5.41) is 15.9. The summed E-state index contributed by atoms with van der Waals surface area (Å²) in [6.45, 7) is 3.36. The summed E-state index contributed by atoms with van der Waals surface area (Å²) in [5.41, 5.74) is -1.37. The van der Waals surface area contributed by atoms with E-state index in [9.17, 15) is 24.3 Å². The molecule has 2 atom stereocenters. The number of benzene rings is 1. The molecular weight excluding hydrogens is 502 g/mol. The molecule has 1 saturated carbocycles. The quantitative estimate of drug-likeness (QED) is 0.196. The third-order valence-electron chi connectivity index (χ3n) is 7.44. The van der Waals surface area contributed by atoms with Crippen molar-refractivity contribution in [2.75, 3.05) is 19.8 Å². The standard InChI is InChI=1S/C29H43N3O7/c1-2-3-9-17-39-28(36)30-24(19-22-10-5-4-6-11-22)27(35)31-29(37,21-33)15-14-26(34)32-16-18-38-25-13-8-7-12-23(25)20-32/h7-8,12-13,21-22,24,37H,2-6,9-11,14-20H2,1H3,(H,30,36)(H,31,35)/t24-,29?/m0/s1. The van der Waals surface area contributed by atoms with Crippen LogP contribution < -0.4 is 15.4 Å². The lowest BCUT2D eigenvalue weighted by Crippen LogP contribution is -2.57. The highest BCUT2D eigenvalue weighted by molar-refractivity contribution is 5.88. The highest BCUT2D eigenvalue weighted by Gasteiger charge is 2.35. The van der Waals surface area contributed by atoms with Crippen LogP contribution in [0.5, 0.6) is 5.75 Å². The van der Waals surface area contributed by atoms with Crippen LogP contribution in [0, 0.1) is 5.92 Å². The Kier molecular flexibility index (Phi) is 12.0. The van der Waals surface area contributed by atoms with E-state index in [4.69, 9.17) is 9.47 Å². The number of aliphatic hydroxyl groups is 1. The molecule has 3 amide bonds. The lowest BCUT2D eigenvalue weighted by molar-refractivity contribution is -0.143. The Morgan fingerprint density at radius 2 is 1.97 bits per heavy atom. The smallest absolute Gasteiger partial charge is 0.407 e. The zero-order valence-electron chi connectivity index (χ0n) is 23.0. The average molecular weight is 546 g/mol. The normalized spacial score (nSPS) is 17.9. The van der Waals surface area contributed by atoms with Gasteiger partial charge in [-0.1, -0.05) is 70.1 Å². The summed E-state index contributed by atoms with van der Waals surface area (Å²) >= 11 is 0. The fourth-order valence-electron chi connectivity index (χ4n) is 5.13. The predicted molar refractivity (Wildman–Crippen MR) is 145 cm³/mol. The molecule has 1 aromatic rings. The van der Waals surface area contributed by atoms with Gasteiger partial charge in [0.05, 0.1) is 13.2 Å². The summed E-state index contributed by atoms with van der Waals surface area (Å²) in [6.07, 6.45) is 7.30. The number of carbonyl (C=O) groups is 4. The van der Waals surface area contributed by atoms with Crippen molar-refractivity contribution < 1.29 is 33.8 Å². The predicted octanol–water partition coefficient (Wildman–Crippen LogP) is 3.45. The van der Waals surface area contributed by atoms with Crippen molar-refractivity contribution in [3.05, 3.63) is 29.8 Å². The number of fused-ring (bicyclic) bond motifs is 1. The summed E-state index contributed by atoms with van der Waals surface area (Å²) in [4.78, 5) is 52.1. The molecular formula is C29H43N3O7. The minimum absolute atomic E-state index is 0.155. The van der Waals surface area contributed by atoms with Crippen LogP contribution in [0.1, 0.15) is 83.1 Å². The van der Waals surface area contributed by atoms with Crippen molar-refractivity contribution in [1.29, 1.82) is 0 Å². The number of nitrogens with one attached hydrogen (secondary N) is 2. The zero-order chi connectivity index (χ0) is 28.1. The number of para-hydroxylation sites is 1. The van der Waals surface area contributed by atoms with Gasteiger partial charge in [0.1, 0.15) is 18.4 Å². The Morgan fingerprint density at radius 1 is 1.21 bits per heavy atom. The van der Waals surface area contributed by atoms with Crippen LogP contribution in [-0.4, -0.2) is 65.7 Å². The molecule has 1 heterocycles. The first-order valence-electron chi connectivity index (χ1n) is 14.3. The zero-order valence-corrected chi connectivity index (χ0v) is 23.0. The third kappa shape index (κ3) is 9.84. The fraction of sp³-hybridized carbons (Fsp3) is 0.655. The molecule has 0 spiro atoms. The first-order valence-corrected chi connectivity index (χ1v) is 14.3. The highest BCUT2D eigenvalue weighted by atomic mass is 16.5. The van der Waals surface area contributed by atoms with Gasteiger partial charge in [0, 0.05) is 24.9 Å². The number of rotatable bonds is 13. The number of carbonyl (C=O) groups excluding carboxylic acids is 4. The van der Waals surface area contributed by atoms with Crippen LogP contribution in [0.15, 0.2) is 24.3 Å². The maximum Gasteiger partial charge on any atom is 0.407 e. The molecule has 10 nitrogen and oxygen atoms in total. The topological polar surface area (TPSA) is 134 Å². The van der Waals surface area contributed by atoms with Gasteiger partial charge in [0.2, 0.25) is 11.8 Å². The van der Waals surface area contributed by atoms with E-state index < -0.39 is 23.8 Å². The van der Waals surface area contributed by atoms with Crippen molar-refractivity contribution in [2.24, 2.45) is 5.92 Å². The molecule has 0 saturated heterocycles. The number of alkyl carbamates (subject to hydrolysis) is 1. The molecule has 3 N–H and O–H groups in total. The number of unbranched alkanes of at least 4 members (excludes halogenated alkanes) is 2. The first kappa shape index (κ1) is 30.4. The van der Waals surface area contributed by atoms with E-state index in [2.05, 4.69) is 10.6 Å². The number of hydrogen-bond acceptors (Lipinski definition) is 7. The molecule has 1 fully saturated rings. The molecule has 1 aliphatic carbocycles. The van der Waals surface area contributed by atoms with Crippen LogP contribution in [0.25, 0.3) is 0 Å². The van der Waals surface area contributed by atoms with Crippen molar-refractivity contribution in [2.45, 2.75) is 95.9 Å². The number of amides is 3. The molecule has 3 rings (SSSR count).